The molecule has 1 saturated carbocycles. The van der Waals surface area contributed by atoms with Gasteiger partial charge >= 0.3 is 0 Å². The minimum Gasteiger partial charge on any atom is -0.393 e. The van der Waals surface area contributed by atoms with Gasteiger partial charge in [0.25, 0.3) is 0 Å². The van der Waals surface area contributed by atoms with Gasteiger partial charge in [0.2, 0.25) is 0 Å². The number of nitrogens with one attached hydrogen (secondary N) is 1. The number of rotatable bonds is 3. The molecule has 0 aliphatic heterocycles. The molecule has 0 radical (unpaired) electrons. The number of aromatic nitrogens is 2. The number of nitrogens with two attached hydrogens (primary N) is 1. The van der Waals surface area contributed by atoms with Crippen LogP contribution in [-0.2, 0) is 0 Å². The van der Waals surface area contributed by atoms with Crippen LogP contribution in [0.2, 0.25) is 5.15 Å². The monoisotopic (exact) mass is 240 g/mol. The summed E-state index contributed by atoms with van der Waals surface area (Å²) in [6.07, 6.45) is 5.37. The van der Waals surface area contributed by atoms with Crippen LogP contribution in [0.1, 0.15) is 26.2 Å². The lowest BCUT2D eigenvalue weighted by Crippen LogP contribution is -2.18. The molecule has 1 fully saturated rings. The predicted molar refractivity (Wildman–Crippen MR) is 66.4 cm³/mol. The standard InChI is InChI=1S/C11H17ClN4/c1-7-3-2-4-8(7)5-14-11-9(13)10(12)15-6-16-11/h6-8H,2-5,13H2,1H3,(H,14,15,16). The third kappa shape index (κ3) is 2.38. The Bertz CT molecular complexity index is 369. The second-order valence-corrected chi connectivity index (χ2v) is 4.83. The molecule has 88 valence electrons. The molecule has 4 nitrogen and oxygen atoms in total. The second-order valence-electron chi connectivity index (χ2n) is 4.48. The van der Waals surface area contributed by atoms with Gasteiger partial charge in [0.05, 0.1) is 0 Å². The van der Waals surface area contributed by atoms with Crippen molar-refractivity contribution in [2.45, 2.75) is 26.2 Å². The average molecular weight is 241 g/mol. The van der Waals surface area contributed by atoms with Gasteiger partial charge in [0, 0.05) is 6.54 Å². The Morgan fingerprint density at radius 1 is 1.50 bits per heavy atom. The van der Waals surface area contributed by atoms with Crippen LogP contribution in [0.15, 0.2) is 6.33 Å². The molecule has 1 aromatic rings. The number of nitrogens with zero attached hydrogens (tertiary/aromatic N) is 2. The molecule has 1 aliphatic carbocycles. The van der Waals surface area contributed by atoms with Crippen molar-refractivity contribution in [3.8, 4) is 0 Å². The Hall–Kier alpha value is -1.03. The summed E-state index contributed by atoms with van der Waals surface area (Å²) < 4.78 is 0. The van der Waals surface area contributed by atoms with Gasteiger partial charge < -0.3 is 11.1 Å². The minimum absolute atomic E-state index is 0.317. The summed E-state index contributed by atoms with van der Waals surface area (Å²) in [5, 5.41) is 3.58. The third-order valence-corrected chi connectivity index (χ3v) is 3.71. The van der Waals surface area contributed by atoms with Crippen molar-refractivity contribution in [3.63, 3.8) is 0 Å². The third-order valence-electron chi connectivity index (χ3n) is 3.41. The van der Waals surface area contributed by atoms with E-state index in [1.807, 2.05) is 0 Å². The first-order valence-electron chi connectivity index (χ1n) is 5.68. The molecule has 0 aromatic carbocycles. The van der Waals surface area contributed by atoms with Crippen molar-refractivity contribution >= 4 is 23.1 Å². The zero-order chi connectivity index (χ0) is 11.5. The highest BCUT2D eigenvalue weighted by atomic mass is 35.5. The quantitative estimate of drug-likeness (QED) is 0.797. The van der Waals surface area contributed by atoms with E-state index < -0.39 is 0 Å². The Morgan fingerprint density at radius 3 is 3.00 bits per heavy atom. The summed E-state index contributed by atoms with van der Waals surface area (Å²) in [6, 6.07) is 0. The fourth-order valence-corrected chi connectivity index (χ4v) is 2.40. The number of nitrogen functional groups attached to an aromatic ring is 1. The molecule has 0 amide bonds. The van der Waals surface area contributed by atoms with Crippen LogP contribution in [0.4, 0.5) is 11.5 Å². The van der Waals surface area contributed by atoms with Gasteiger partial charge in [-0.15, -0.1) is 0 Å². The maximum atomic E-state index is 5.82. The van der Waals surface area contributed by atoms with Crippen molar-refractivity contribution in [2.24, 2.45) is 11.8 Å². The van der Waals surface area contributed by atoms with Crippen molar-refractivity contribution in [1.82, 2.24) is 9.97 Å². The number of hydrogen-bond acceptors (Lipinski definition) is 4. The summed E-state index contributed by atoms with van der Waals surface area (Å²) in [5.74, 6) is 2.15. The zero-order valence-corrected chi connectivity index (χ0v) is 10.2. The summed E-state index contributed by atoms with van der Waals surface area (Å²) in [6.45, 7) is 3.22. The fourth-order valence-electron chi connectivity index (χ4n) is 2.27. The molecule has 0 bridgehead atoms. The molecule has 5 heteroatoms. The van der Waals surface area contributed by atoms with E-state index in [0.29, 0.717) is 22.6 Å². The lowest BCUT2D eigenvalue weighted by Gasteiger charge is -2.17. The van der Waals surface area contributed by atoms with E-state index in [-0.39, 0.29) is 0 Å². The highest BCUT2D eigenvalue weighted by Gasteiger charge is 2.23. The number of halogens is 1. The topological polar surface area (TPSA) is 63.8 Å². The van der Waals surface area contributed by atoms with Crippen LogP contribution in [0.5, 0.6) is 0 Å². The molecule has 3 N–H and O–H groups in total. The summed E-state index contributed by atoms with van der Waals surface area (Å²) in [7, 11) is 0. The van der Waals surface area contributed by atoms with E-state index in [1.54, 1.807) is 0 Å². The Kier molecular flexibility index (Phi) is 3.49. The van der Waals surface area contributed by atoms with Gasteiger partial charge in [-0.05, 0) is 18.3 Å². The lowest BCUT2D eigenvalue weighted by molar-refractivity contribution is 0.439. The van der Waals surface area contributed by atoms with E-state index >= 15 is 0 Å². The number of anilines is 2. The molecule has 1 aliphatic rings. The Labute approximate surface area is 101 Å². The molecule has 2 unspecified atom stereocenters. The van der Waals surface area contributed by atoms with E-state index in [4.69, 9.17) is 17.3 Å². The van der Waals surface area contributed by atoms with Crippen LogP contribution in [0, 0.1) is 11.8 Å². The van der Waals surface area contributed by atoms with Gasteiger partial charge in [-0.2, -0.15) is 0 Å². The van der Waals surface area contributed by atoms with Gasteiger partial charge in [-0.3, -0.25) is 0 Å². The van der Waals surface area contributed by atoms with Crippen LogP contribution < -0.4 is 11.1 Å². The predicted octanol–water partition coefficient (Wildman–Crippen LogP) is 2.56. The molecule has 1 aromatic heterocycles. The molecule has 2 rings (SSSR count). The molecule has 16 heavy (non-hydrogen) atoms. The first-order chi connectivity index (χ1) is 7.68. The van der Waals surface area contributed by atoms with E-state index in [9.17, 15) is 0 Å². The van der Waals surface area contributed by atoms with E-state index in [2.05, 4.69) is 22.2 Å². The highest BCUT2D eigenvalue weighted by Crippen LogP contribution is 2.31. The van der Waals surface area contributed by atoms with Gasteiger partial charge in [-0.1, -0.05) is 31.4 Å². The van der Waals surface area contributed by atoms with Crippen LogP contribution in [0.25, 0.3) is 0 Å². The molecule has 2 atom stereocenters. The first-order valence-corrected chi connectivity index (χ1v) is 6.06. The summed E-state index contributed by atoms with van der Waals surface area (Å²) >= 11 is 5.82. The average Bonchev–Trinajstić information content (AvgIpc) is 2.67. The molecular formula is C11H17ClN4. The van der Waals surface area contributed by atoms with Crippen molar-refractivity contribution in [1.29, 1.82) is 0 Å². The van der Waals surface area contributed by atoms with Crippen molar-refractivity contribution < 1.29 is 0 Å². The number of hydrogen-bond donors (Lipinski definition) is 2. The highest BCUT2D eigenvalue weighted by molar-refractivity contribution is 6.32. The van der Waals surface area contributed by atoms with E-state index in [0.717, 1.165) is 12.5 Å². The van der Waals surface area contributed by atoms with Gasteiger partial charge in [0.1, 0.15) is 12.0 Å². The molecule has 0 saturated heterocycles. The Morgan fingerprint density at radius 2 is 2.31 bits per heavy atom. The normalized spacial score (nSPS) is 24.6. The Balaban J connectivity index is 1.96. The summed E-state index contributed by atoms with van der Waals surface area (Å²) in [4.78, 5) is 7.92. The first kappa shape index (κ1) is 11.5. The van der Waals surface area contributed by atoms with Gasteiger partial charge in [0.15, 0.2) is 11.0 Å². The SMILES string of the molecule is CC1CCCC1CNc1ncnc(Cl)c1N. The molecule has 0 spiro atoms. The van der Waals surface area contributed by atoms with Gasteiger partial charge in [-0.25, -0.2) is 9.97 Å². The van der Waals surface area contributed by atoms with Crippen LogP contribution in [-0.4, -0.2) is 16.5 Å². The maximum Gasteiger partial charge on any atom is 0.157 e. The largest absolute Gasteiger partial charge is 0.393 e. The smallest absolute Gasteiger partial charge is 0.157 e. The van der Waals surface area contributed by atoms with Crippen LogP contribution in [0.3, 0.4) is 0 Å². The second kappa shape index (κ2) is 4.87. The van der Waals surface area contributed by atoms with Crippen molar-refractivity contribution in [2.75, 3.05) is 17.6 Å². The van der Waals surface area contributed by atoms with Crippen LogP contribution >= 0.6 is 11.6 Å². The minimum atomic E-state index is 0.317. The zero-order valence-electron chi connectivity index (χ0n) is 9.41. The lowest BCUT2D eigenvalue weighted by atomic mass is 9.98. The summed E-state index contributed by atoms with van der Waals surface area (Å²) in [5.41, 5.74) is 6.22. The van der Waals surface area contributed by atoms with Crippen molar-refractivity contribution in [3.05, 3.63) is 11.5 Å². The molecule has 1 heterocycles. The maximum absolute atomic E-state index is 5.82. The fraction of sp³-hybridized carbons (Fsp3) is 0.636. The van der Waals surface area contributed by atoms with E-state index in [1.165, 1.54) is 25.6 Å². The molecular weight excluding hydrogens is 224 g/mol.